The summed E-state index contributed by atoms with van der Waals surface area (Å²) >= 11 is 0. The van der Waals surface area contributed by atoms with E-state index in [1.54, 1.807) is 63.6 Å². The van der Waals surface area contributed by atoms with Gasteiger partial charge in [-0.15, -0.1) is 0 Å². The average molecular weight is 368 g/mol. The van der Waals surface area contributed by atoms with Crippen molar-refractivity contribution in [3.05, 3.63) is 65.0 Å². The van der Waals surface area contributed by atoms with Gasteiger partial charge in [0, 0.05) is 30.4 Å². The van der Waals surface area contributed by atoms with Crippen LogP contribution in [-0.2, 0) is 4.74 Å². The molecule has 0 spiro atoms. The Morgan fingerprint density at radius 2 is 1.89 bits per heavy atom. The van der Waals surface area contributed by atoms with Crippen LogP contribution in [0.5, 0.6) is 0 Å². The maximum Gasteiger partial charge on any atom is 0.340 e. The highest BCUT2D eigenvalue weighted by Gasteiger charge is 2.18. The van der Waals surface area contributed by atoms with Gasteiger partial charge in [-0.3, -0.25) is 14.9 Å². The Hall–Kier alpha value is -3.22. The first-order valence-electron chi connectivity index (χ1n) is 8.76. The standard InChI is InChI=1S/C18H18N4O3.C2H6/c1-18(2,3)25-17(24)13-6-7-15(20-10-13)22-16(23)14(11-21-22)12-5-4-8-19-9-12;1-2/h4-11,21H,1-3H3;1-2H3. The highest BCUT2D eigenvalue weighted by atomic mass is 16.6. The number of ether oxygens (including phenoxy) is 1. The highest BCUT2D eigenvalue weighted by molar-refractivity contribution is 5.89. The molecule has 0 atom stereocenters. The number of H-pyrrole nitrogens is 1. The first kappa shape index (κ1) is 20.1. The largest absolute Gasteiger partial charge is 0.456 e. The number of nitrogens with one attached hydrogen (secondary N) is 1. The molecule has 7 heteroatoms. The highest BCUT2D eigenvalue weighted by Crippen LogP contribution is 2.15. The molecule has 0 fully saturated rings. The summed E-state index contributed by atoms with van der Waals surface area (Å²) in [6.45, 7) is 9.39. The molecule has 0 saturated heterocycles. The van der Waals surface area contributed by atoms with Gasteiger partial charge in [0.1, 0.15) is 5.60 Å². The number of rotatable bonds is 3. The van der Waals surface area contributed by atoms with E-state index < -0.39 is 11.6 Å². The van der Waals surface area contributed by atoms with Crippen molar-refractivity contribution in [3.63, 3.8) is 0 Å². The van der Waals surface area contributed by atoms with Crippen molar-refractivity contribution in [2.75, 3.05) is 0 Å². The lowest BCUT2D eigenvalue weighted by molar-refractivity contribution is 0.00691. The van der Waals surface area contributed by atoms with Crippen molar-refractivity contribution in [2.45, 2.75) is 40.2 Å². The maximum atomic E-state index is 12.5. The van der Waals surface area contributed by atoms with E-state index in [2.05, 4.69) is 15.1 Å². The van der Waals surface area contributed by atoms with Crippen LogP contribution in [0.1, 0.15) is 45.0 Å². The first-order valence-corrected chi connectivity index (χ1v) is 8.76. The Labute approximate surface area is 158 Å². The summed E-state index contributed by atoms with van der Waals surface area (Å²) in [7, 11) is 0. The maximum absolute atomic E-state index is 12.5. The third kappa shape index (κ3) is 4.91. The molecule has 27 heavy (non-hydrogen) atoms. The molecule has 0 unspecified atom stereocenters. The number of carbonyl (C=O) groups is 1. The van der Waals surface area contributed by atoms with Crippen molar-refractivity contribution in [3.8, 4) is 16.9 Å². The van der Waals surface area contributed by atoms with E-state index in [4.69, 9.17) is 4.74 Å². The van der Waals surface area contributed by atoms with Crippen LogP contribution in [0, 0.1) is 0 Å². The summed E-state index contributed by atoms with van der Waals surface area (Å²) in [5.74, 6) is -0.0751. The third-order valence-electron chi connectivity index (χ3n) is 3.36. The van der Waals surface area contributed by atoms with E-state index in [0.29, 0.717) is 22.5 Å². The van der Waals surface area contributed by atoms with E-state index >= 15 is 0 Å². The molecular formula is C20H24N4O3. The smallest absolute Gasteiger partial charge is 0.340 e. The van der Waals surface area contributed by atoms with Crippen molar-refractivity contribution < 1.29 is 9.53 Å². The van der Waals surface area contributed by atoms with Gasteiger partial charge in [-0.25, -0.2) is 14.5 Å². The number of hydrogen-bond acceptors (Lipinski definition) is 5. The molecule has 0 radical (unpaired) electrons. The van der Waals surface area contributed by atoms with Crippen LogP contribution >= 0.6 is 0 Å². The molecule has 0 aliphatic heterocycles. The lowest BCUT2D eigenvalue weighted by atomic mass is 10.2. The lowest BCUT2D eigenvalue weighted by Crippen LogP contribution is -2.24. The number of hydrogen-bond donors (Lipinski definition) is 1. The fourth-order valence-corrected chi connectivity index (χ4v) is 2.25. The molecule has 7 nitrogen and oxygen atoms in total. The molecule has 0 amide bonds. The molecule has 0 aliphatic carbocycles. The quantitative estimate of drug-likeness (QED) is 0.713. The number of aromatic amines is 1. The van der Waals surface area contributed by atoms with Crippen LogP contribution in [0.3, 0.4) is 0 Å². The zero-order valence-corrected chi connectivity index (χ0v) is 16.2. The second-order valence-corrected chi connectivity index (χ2v) is 6.48. The Morgan fingerprint density at radius 1 is 1.15 bits per heavy atom. The van der Waals surface area contributed by atoms with Crippen molar-refractivity contribution in [1.29, 1.82) is 0 Å². The van der Waals surface area contributed by atoms with Crippen LogP contribution in [0.4, 0.5) is 0 Å². The third-order valence-corrected chi connectivity index (χ3v) is 3.36. The van der Waals surface area contributed by atoms with Gasteiger partial charge in [0.05, 0.1) is 11.1 Å². The monoisotopic (exact) mass is 368 g/mol. The number of carbonyl (C=O) groups excluding carboxylic acids is 1. The minimum atomic E-state index is -0.579. The topological polar surface area (TPSA) is 89.9 Å². The van der Waals surface area contributed by atoms with Gasteiger partial charge in [0.2, 0.25) is 0 Å². The normalized spacial score (nSPS) is 10.7. The Morgan fingerprint density at radius 3 is 2.44 bits per heavy atom. The minimum Gasteiger partial charge on any atom is -0.456 e. The summed E-state index contributed by atoms with van der Waals surface area (Å²) in [6.07, 6.45) is 6.25. The molecule has 0 saturated carbocycles. The minimum absolute atomic E-state index is 0.245. The molecule has 3 heterocycles. The summed E-state index contributed by atoms with van der Waals surface area (Å²) in [4.78, 5) is 32.8. The van der Waals surface area contributed by atoms with Gasteiger partial charge in [-0.1, -0.05) is 19.9 Å². The SMILES string of the molecule is CC.CC(C)(C)OC(=O)c1ccc(-n2[nH]cc(-c3cccnc3)c2=O)nc1. The molecule has 3 rings (SSSR count). The fraction of sp³-hybridized carbons (Fsp3) is 0.300. The average Bonchev–Trinajstić information content (AvgIpc) is 3.04. The summed E-state index contributed by atoms with van der Waals surface area (Å²) in [6, 6.07) is 6.73. The Bertz CT molecular complexity index is 936. The zero-order valence-electron chi connectivity index (χ0n) is 16.2. The van der Waals surface area contributed by atoms with Gasteiger partial charge in [0.15, 0.2) is 5.82 Å². The van der Waals surface area contributed by atoms with E-state index in [1.807, 2.05) is 13.8 Å². The van der Waals surface area contributed by atoms with Crippen LogP contribution in [0.15, 0.2) is 53.8 Å². The first-order chi connectivity index (χ1) is 12.8. The van der Waals surface area contributed by atoms with E-state index in [9.17, 15) is 9.59 Å². The number of aromatic nitrogens is 4. The molecular weight excluding hydrogens is 344 g/mol. The predicted octanol–water partition coefficient (Wildman–Crippen LogP) is 3.60. The van der Waals surface area contributed by atoms with Gasteiger partial charge in [0.25, 0.3) is 5.56 Å². The molecule has 0 aliphatic rings. The van der Waals surface area contributed by atoms with E-state index in [1.165, 1.54) is 10.9 Å². The fourth-order valence-electron chi connectivity index (χ4n) is 2.25. The van der Waals surface area contributed by atoms with Gasteiger partial charge < -0.3 is 4.74 Å². The lowest BCUT2D eigenvalue weighted by Gasteiger charge is -2.19. The van der Waals surface area contributed by atoms with Gasteiger partial charge in [-0.05, 0) is 39.0 Å². The van der Waals surface area contributed by atoms with Crippen LogP contribution in [0.25, 0.3) is 16.9 Å². The number of nitrogens with zero attached hydrogens (tertiary/aromatic N) is 3. The molecule has 0 bridgehead atoms. The predicted molar refractivity (Wildman–Crippen MR) is 104 cm³/mol. The molecule has 3 aromatic rings. The molecule has 0 aromatic carbocycles. The van der Waals surface area contributed by atoms with Gasteiger partial charge >= 0.3 is 5.97 Å². The summed E-state index contributed by atoms with van der Waals surface area (Å²) in [5, 5.41) is 2.87. The zero-order chi connectivity index (χ0) is 20.0. The van der Waals surface area contributed by atoms with E-state index in [-0.39, 0.29) is 5.56 Å². The van der Waals surface area contributed by atoms with Crippen LogP contribution in [0.2, 0.25) is 0 Å². The number of esters is 1. The summed E-state index contributed by atoms with van der Waals surface area (Å²) in [5.41, 5.74) is 0.709. The molecule has 1 N–H and O–H groups in total. The van der Waals surface area contributed by atoms with E-state index in [0.717, 1.165) is 0 Å². The van der Waals surface area contributed by atoms with Crippen molar-refractivity contribution >= 4 is 5.97 Å². The molecule has 142 valence electrons. The second kappa shape index (κ2) is 8.44. The Kier molecular flexibility index (Phi) is 6.28. The number of pyridine rings is 2. The van der Waals surface area contributed by atoms with Crippen LogP contribution < -0.4 is 5.56 Å². The second-order valence-electron chi connectivity index (χ2n) is 6.48. The van der Waals surface area contributed by atoms with Crippen molar-refractivity contribution in [2.24, 2.45) is 0 Å². The van der Waals surface area contributed by atoms with Crippen molar-refractivity contribution in [1.82, 2.24) is 19.7 Å². The summed E-state index contributed by atoms with van der Waals surface area (Å²) < 4.78 is 6.60. The van der Waals surface area contributed by atoms with Crippen LogP contribution in [-0.4, -0.2) is 31.3 Å². The Balaban J connectivity index is 0.00000126. The molecule has 3 aromatic heterocycles. The van der Waals surface area contributed by atoms with Gasteiger partial charge in [-0.2, -0.15) is 0 Å².